The van der Waals surface area contributed by atoms with Gasteiger partial charge in [0.15, 0.2) is 5.96 Å². The second-order valence-corrected chi connectivity index (χ2v) is 8.19. The third-order valence-corrected chi connectivity index (χ3v) is 5.73. The van der Waals surface area contributed by atoms with Gasteiger partial charge in [-0.05, 0) is 48.9 Å². The van der Waals surface area contributed by atoms with E-state index in [9.17, 15) is 9.59 Å². The molecular weight excluding hydrogens is 434 g/mol. The highest BCUT2D eigenvalue weighted by atomic mass is 16.6. The lowest BCUT2D eigenvalue weighted by molar-refractivity contribution is 0.0703. The lowest BCUT2D eigenvalue weighted by Crippen LogP contribution is -2.42. The van der Waals surface area contributed by atoms with E-state index in [1.54, 1.807) is 24.0 Å². The Morgan fingerprint density at radius 2 is 1.82 bits per heavy atom. The van der Waals surface area contributed by atoms with Crippen molar-refractivity contribution >= 4 is 23.6 Å². The number of hydrogen-bond donors (Lipinski definition) is 3. The lowest BCUT2D eigenvalue weighted by atomic mass is 10.1. The number of carbonyl (C=O) groups excluding carboxylic acids is 2. The highest BCUT2D eigenvalue weighted by Crippen LogP contribution is 2.20. The molecule has 0 bridgehead atoms. The fourth-order valence-electron chi connectivity index (χ4n) is 3.86. The SMILES string of the molecule is CCOC(=O)N1CCC(Oc2ccc(C(=O)NCc3ccc(NC4=NCCN4)cc3)cc2)CC1. The van der Waals surface area contributed by atoms with Gasteiger partial charge < -0.3 is 30.3 Å². The first-order valence-electron chi connectivity index (χ1n) is 11.7. The van der Waals surface area contributed by atoms with Crippen LogP contribution in [0.15, 0.2) is 53.5 Å². The summed E-state index contributed by atoms with van der Waals surface area (Å²) in [6, 6.07) is 15.0. The number of amides is 2. The standard InChI is InChI=1S/C25H31N5O4/c1-2-33-25(32)30-15-11-22(12-16-30)34-21-9-5-19(6-10-21)23(31)28-17-18-3-7-20(8-4-18)29-24-26-13-14-27-24/h3-10,22H,2,11-17H2,1H3,(H,28,31)(H2,26,27,29). The number of carbonyl (C=O) groups is 2. The Morgan fingerprint density at radius 3 is 2.47 bits per heavy atom. The Balaban J connectivity index is 1.21. The van der Waals surface area contributed by atoms with Crippen LogP contribution >= 0.6 is 0 Å². The maximum atomic E-state index is 12.5. The Bertz CT molecular complexity index is 999. The van der Waals surface area contributed by atoms with Gasteiger partial charge in [-0.3, -0.25) is 9.79 Å². The number of guanidine groups is 1. The molecule has 0 aliphatic carbocycles. The van der Waals surface area contributed by atoms with Gasteiger partial charge in [0, 0.05) is 50.3 Å². The van der Waals surface area contributed by atoms with Crippen molar-refractivity contribution in [3.05, 3.63) is 59.7 Å². The maximum Gasteiger partial charge on any atom is 0.409 e. The summed E-state index contributed by atoms with van der Waals surface area (Å²) in [5.41, 5.74) is 2.54. The second-order valence-electron chi connectivity index (χ2n) is 8.19. The van der Waals surface area contributed by atoms with Gasteiger partial charge in [0.1, 0.15) is 11.9 Å². The van der Waals surface area contributed by atoms with Crippen molar-refractivity contribution in [1.29, 1.82) is 0 Å². The van der Waals surface area contributed by atoms with Crippen LogP contribution in [0.25, 0.3) is 0 Å². The van der Waals surface area contributed by atoms with E-state index in [2.05, 4.69) is 20.9 Å². The molecule has 3 N–H and O–H groups in total. The van der Waals surface area contributed by atoms with Crippen LogP contribution in [-0.2, 0) is 11.3 Å². The number of rotatable bonds is 7. The van der Waals surface area contributed by atoms with E-state index in [-0.39, 0.29) is 18.1 Å². The molecule has 9 nitrogen and oxygen atoms in total. The van der Waals surface area contributed by atoms with Gasteiger partial charge in [-0.15, -0.1) is 0 Å². The minimum atomic E-state index is -0.264. The molecule has 0 saturated carbocycles. The summed E-state index contributed by atoms with van der Waals surface area (Å²) < 4.78 is 11.1. The second kappa shape index (κ2) is 11.4. The van der Waals surface area contributed by atoms with Crippen LogP contribution in [0.1, 0.15) is 35.7 Å². The van der Waals surface area contributed by atoms with Gasteiger partial charge in [0.25, 0.3) is 5.91 Å². The number of benzene rings is 2. The summed E-state index contributed by atoms with van der Waals surface area (Å²) in [7, 11) is 0. The van der Waals surface area contributed by atoms with E-state index >= 15 is 0 Å². The molecule has 4 rings (SSSR count). The fraction of sp³-hybridized carbons (Fsp3) is 0.400. The van der Waals surface area contributed by atoms with Gasteiger partial charge in [0.2, 0.25) is 0 Å². The zero-order valence-electron chi connectivity index (χ0n) is 19.4. The average Bonchev–Trinajstić information content (AvgIpc) is 3.37. The maximum absolute atomic E-state index is 12.5. The van der Waals surface area contributed by atoms with Crippen LogP contribution in [0.5, 0.6) is 5.75 Å². The highest BCUT2D eigenvalue weighted by Gasteiger charge is 2.24. The van der Waals surface area contributed by atoms with Crippen molar-refractivity contribution in [3.8, 4) is 5.75 Å². The van der Waals surface area contributed by atoms with E-state index in [0.29, 0.717) is 31.8 Å². The first kappa shape index (κ1) is 23.4. The number of hydrogen-bond acceptors (Lipinski definition) is 7. The summed E-state index contributed by atoms with van der Waals surface area (Å²) in [5.74, 6) is 1.37. The average molecular weight is 466 g/mol. The first-order valence-corrected chi connectivity index (χ1v) is 11.7. The highest BCUT2D eigenvalue weighted by molar-refractivity contribution is 5.95. The van der Waals surface area contributed by atoms with E-state index in [1.165, 1.54) is 0 Å². The monoisotopic (exact) mass is 465 g/mol. The summed E-state index contributed by atoms with van der Waals surface area (Å²) in [5, 5.41) is 9.34. The molecule has 9 heteroatoms. The largest absolute Gasteiger partial charge is 0.490 e. The molecule has 34 heavy (non-hydrogen) atoms. The molecule has 180 valence electrons. The molecule has 1 saturated heterocycles. The molecule has 1 fully saturated rings. The van der Waals surface area contributed by atoms with Crippen molar-refractivity contribution in [1.82, 2.24) is 15.5 Å². The third kappa shape index (κ3) is 6.40. The summed E-state index contributed by atoms with van der Waals surface area (Å²) >= 11 is 0. The van der Waals surface area contributed by atoms with Crippen LogP contribution in [0, 0.1) is 0 Å². The molecule has 2 aliphatic heterocycles. The Morgan fingerprint density at radius 1 is 1.09 bits per heavy atom. The number of aliphatic imine (C=N–C) groups is 1. The molecule has 2 aromatic rings. The van der Waals surface area contributed by atoms with Crippen LogP contribution in [-0.4, -0.2) is 61.7 Å². The van der Waals surface area contributed by atoms with Crippen molar-refractivity contribution in [3.63, 3.8) is 0 Å². The normalized spacial score (nSPS) is 15.8. The zero-order valence-corrected chi connectivity index (χ0v) is 19.4. The van der Waals surface area contributed by atoms with Gasteiger partial charge in [-0.1, -0.05) is 12.1 Å². The fourth-order valence-corrected chi connectivity index (χ4v) is 3.86. The van der Waals surface area contributed by atoms with Crippen molar-refractivity contribution in [2.24, 2.45) is 4.99 Å². The van der Waals surface area contributed by atoms with Crippen LogP contribution < -0.4 is 20.7 Å². The molecule has 0 unspecified atom stereocenters. The van der Waals surface area contributed by atoms with Gasteiger partial charge in [0.05, 0.1) is 13.2 Å². The minimum Gasteiger partial charge on any atom is -0.490 e. The summed E-state index contributed by atoms with van der Waals surface area (Å²) in [6.07, 6.45) is 1.28. The molecular formula is C25H31N5O4. The van der Waals surface area contributed by atoms with E-state index in [1.807, 2.05) is 36.4 Å². The quantitative estimate of drug-likeness (QED) is 0.581. The number of likely N-dealkylation sites (tertiary alicyclic amines) is 1. The number of piperidine rings is 1. The predicted octanol–water partition coefficient (Wildman–Crippen LogP) is 2.99. The Hall–Kier alpha value is -3.75. The lowest BCUT2D eigenvalue weighted by Gasteiger charge is -2.31. The number of ether oxygens (including phenoxy) is 2. The van der Waals surface area contributed by atoms with Gasteiger partial charge >= 0.3 is 6.09 Å². The third-order valence-electron chi connectivity index (χ3n) is 5.73. The van der Waals surface area contributed by atoms with Crippen LogP contribution in [0.4, 0.5) is 10.5 Å². The summed E-state index contributed by atoms with van der Waals surface area (Å²) in [6.45, 7) is 5.51. The van der Waals surface area contributed by atoms with Gasteiger partial charge in [-0.2, -0.15) is 0 Å². The van der Waals surface area contributed by atoms with Crippen LogP contribution in [0.2, 0.25) is 0 Å². The molecule has 2 aliphatic rings. The predicted molar refractivity (Wildman–Crippen MR) is 130 cm³/mol. The Kier molecular flexibility index (Phi) is 7.85. The zero-order chi connectivity index (χ0) is 23.8. The van der Waals surface area contributed by atoms with Crippen LogP contribution in [0.3, 0.4) is 0 Å². The smallest absolute Gasteiger partial charge is 0.409 e. The van der Waals surface area contributed by atoms with Crippen molar-refractivity contribution < 1.29 is 19.1 Å². The molecule has 0 spiro atoms. The molecule has 0 aromatic heterocycles. The number of nitrogens with zero attached hydrogens (tertiary/aromatic N) is 2. The number of nitrogens with one attached hydrogen (secondary N) is 3. The molecule has 0 atom stereocenters. The first-order chi connectivity index (χ1) is 16.6. The summed E-state index contributed by atoms with van der Waals surface area (Å²) in [4.78, 5) is 30.4. The molecule has 2 amide bonds. The van der Waals surface area contributed by atoms with E-state index in [0.717, 1.165) is 48.9 Å². The van der Waals surface area contributed by atoms with Crippen molar-refractivity contribution in [2.45, 2.75) is 32.4 Å². The molecule has 2 aromatic carbocycles. The number of anilines is 1. The topological polar surface area (TPSA) is 104 Å². The Labute approximate surface area is 199 Å². The van der Waals surface area contributed by atoms with E-state index in [4.69, 9.17) is 9.47 Å². The molecule has 0 radical (unpaired) electrons. The molecule has 2 heterocycles. The minimum absolute atomic E-state index is 0.0411. The van der Waals surface area contributed by atoms with Gasteiger partial charge in [-0.25, -0.2) is 4.79 Å². The van der Waals surface area contributed by atoms with Crippen molar-refractivity contribution in [2.75, 3.05) is 38.1 Å². The van der Waals surface area contributed by atoms with E-state index < -0.39 is 0 Å².